The standard InChI is InChI=1S/C33H28O4/c1-22-11-7-8-14-25(22)32-26-15-9-10-16-29(26)37-33(23-12-5-4-6-13-23)27(32)18-19-28(34)24-17-20-30(35-2)31(21-24)36-3/h4-21,32H,1-3H3/b19-18+. The molecule has 4 nitrogen and oxygen atoms in total. The lowest BCUT2D eigenvalue weighted by Gasteiger charge is -2.31. The van der Waals surface area contributed by atoms with E-state index < -0.39 is 0 Å². The summed E-state index contributed by atoms with van der Waals surface area (Å²) in [6.45, 7) is 2.12. The minimum absolute atomic E-state index is 0.101. The first-order chi connectivity index (χ1) is 18.1. The molecule has 0 bridgehead atoms. The molecular formula is C33H28O4. The highest BCUT2D eigenvalue weighted by atomic mass is 16.5. The molecule has 0 amide bonds. The van der Waals surface area contributed by atoms with E-state index in [1.54, 1.807) is 38.5 Å². The van der Waals surface area contributed by atoms with Gasteiger partial charge in [-0.05, 0) is 48.4 Å². The Kier molecular flexibility index (Phi) is 6.91. The predicted molar refractivity (Wildman–Crippen MR) is 146 cm³/mol. The summed E-state index contributed by atoms with van der Waals surface area (Å²) in [5.41, 5.74) is 5.80. The van der Waals surface area contributed by atoms with Crippen molar-refractivity contribution in [2.75, 3.05) is 14.2 Å². The number of methoxy groups -OCH3 is 2. The lowest BCUT2D eigenvalue weighted by molar-refractivity contribution is 0.104. The summed E-state index contributed by atoms with van der Waals surface area (Å²) in [4.78, 5) is 13.3. The molecule has 5 rings (SSSR count). The molecule has 1 unspecified atom stereocenters. The summed E-state index contributed by atoms with van der Waals surface area (Å²) >= 11 is 0. The van der Waals surface area contributed by atoms with Gasteiger partial charge in [-0.1, -0.05) is 78.9 Å². The van der Waals surface area contributed by atoms with Crippen LogP contribution in [-0.2, 0) is 0 Å². The van der Waals surface area contributed by atoms with Crippen LogP contribution in [0, 0.1) is 6.92 Å². The van der Waals surface area contributed by atoms with Crippen molar-refractivity contribution < 1.29 is 19.0 Å². The zero-order valence-electron chi connectivity index (χ0n) is 21.1. The molecule has 4 aromatic carbocycles. The van der Waals surface area contributed by atoms with Crippen molar-refractivity contribution in [3.05, 3.63) is 143 Å². The number of hydrogen-bond donors (Lipinski definition) is 0. The lowest BCUT2D eigenvalue weighted by Crippen LogP contribution is -2.16. The number of ketones is 1. The Balaban J connectivity index is 1.66. The van der Waals surface area contributed by atoms with E-state index in [-0.39, 0.29) is 11.7 Å². The molecule has 0 radical (unpaired) electrons. The van der Waals surface area contributed by atoms with Crippen molar-refractivity contribution in [3.8, 4) is 17.2 Å². The molecule has 0 aliphatic carbocycles. The molecule has 184 valence electrons. The largest absolute Gasteiger partial charge is 0.493 e. The first kappa shape index (κ1) is 24.1. The van der Waals surface area contributed by atoms with Crippen LogP contribution < -0.4 is 14.2 Å². The van der Waals surface area contributed by atoms with E-state index in [4.69, 9.17) is 14.2 Å². The number of ether oxygens (including phenoxy) is 3. The van der Waals surface area contributed by atoms with Crippen LogP contribution in [0.4, 0.5) is 0 Å². The molecule has 1 heterocycles. The van der Waals surface area contributed by atoms with E-state index in [0.29, 0.717) is 17.1 Å². The first-order valence-corrected chi connectivity index (χ1v) is 12.2. The SMILES string of the molecule is COc1ccc(C(=O)/C=C/C2=C(c3ccccc3)Oc3ccccc3C2c2ccccc2C)cc1OC. The van der Waals surface area contributed by atoms with Gasteiger partial charge in [-0.2, -0.15) is 0 Å². The smallest absolute Gasteiger partial charge is 0.185 e. The van der Waals surface area contributed by atoms with Crippen LogP contribution in [0.2, 0.25) is 0 Å². The van der Waals surface area contributed by atoms with Crippen LogP contribution in [0.3, 0.4) is 0 Å². The van der Waals surface area contributed by atoms with Gasteiger partial charge in [-0.15, -0.1) is 0 Å². The zero-order chi connectivity index (χ0) is 25.8. The van der Waals surface area contributed by atoms with Gasteiger partial charge < -0.3 is 14.2 Å². The summed E-state index contributed by atoms with van der Waals surface area (Å²) in [7, 11) is 3.13. The molecule has 0 N–H and O–H groups in total. The molecule has 0 aromatic heterocycles. The topological polar surface area (TPSA) is 44.8 Å². The maximum Gasteiger partial charge on any atom is 0.185 e. The van der Waals surface area contributed by atoms with Gasteiger partial charge >= 0.3 is 0 Å². The Morgan fingerprint density at radius 2 is 1.46 bits per heavy atom. The van der Waals surface area contributed by atoms with E-state index in [2.05, 4.69) is 31.2 Å². The van der Waals surface area contributed by atoms with E-state index in [1.165, 1.54) is 11.1 Å². The second-order valence-corrected chi connectivity index (χ2v) is 8.85. The highest BCUT2D eigenvalue weighted by molar-refractivity contribution is 6.05. The van der Waals surface area contributed by atoms with Crippen LogP contribution in [0.25, 0.3) is 5.76 Å². The van der Waals surface area contributed by atoms with Crippen LogP contribution in [0.1, 0.15) is 38.5 Å². The quantitative estimate of drug-likeness (QED) is 0.201. The number of carbonyl (C=O) groups excluding carboxylic acids is 1. The Morgan fingerprint density at radius 3 is 2.19 bits per heavy atom. The predicted octanol–water partition coefficient (Wildman–Crippen LogP) is 7.39. The summed E-state index contributed by atoms with van der Waals surface area (Å²) < 4.78 is 17.2. The van der Waals surface area contributed by atoms with Gasteiger partial charge in [0.2, 0.25) is 0 Å². The van der Waals surface area contributed by atoms with Crippen molar-refractivity contribution >= 4 is 11.5 Å². The second kappa shape index (κ2) is 10.6. The van der Waals surface area contributed by atoms with Gasteiger partial charge in [-0.25, -0.2) is 0 Å². The fourth-order valence-corrected chi connectivity index (χ4v) is 4.76. The second-order valence-electron chi connectivity index (χ2n) is 8.85. The van der Waals surface area contributed by atoms with Crippen LogP contribution in [-0.4, -0.2) is 20.0 Å². The first-order valence-electron chi connectivity index (χ1n) is 12.2. The van der Waals surface area contributed by atoms with E-state index in [0.717, 1.165) is 28.2 Å². The minimum atomic E-state index is -0.136. The van der Waals surface area contributed by atoms with Gasteiger partial charge in [0.1, 0.15) is 11.5 Å². The summed E-state index contributed by atoms with van der Waals surface area (Å²) in [5.74, 6) is 2.41. The number of hydrogen-bond acceptors (Lipinski definition) is 4. The van der Waals surface area contributed by atoms with Crippen molar-refractivity contribution in [2.45, 2.75) is 12.8 Å². The molecular weight excluding hydrogens is 460 g/mol. The maximum atomic E-state index is 13.3. The Hall–Kier alpha value is -4.57. The number of fused-ring (bicyclic) bond motifs is 1. The number of carbonyl (C=O) groups is 1. The highest BCUT2D eigenvalue weighted by Gasteiger charge is 2.31. The number of aryl methyl sites for hydroxylation is 1. The Bertz CT molecular complexity index is 1500. The third-order valence-electron chi connectivity index (χ3n) is 6.63. The van der Waals surface area contributed by atoms with E-state index >= 15 is 0 Å². The molecule has 37 heavy (non-hydrogen) atoms. The van der Waals surface area contributed by atoms with Crippen molar-refractivity contribution in [1.82, 2.24) is 0 Å². The molecule has 0 fully saturated rings. The summed E-state index contributed by atoms with van der Waals surface area (Å²) in [5, 5.41) is 0. The average molecular weight is 489 g/mol. The minimum Gasteiger partial charge on any atom is -0.493 e. The average Bonchev–Trinajstić information content (AvgIpc) is 2.95. The molecule has 1 aliphatic rings. The number of allylic oxidation sites excluding steroid dienone is 3. The van der Waals surface area contributed by atoms with E-state index in [9.17, 15) is 4.79 Å². The fraction of sp³-hybridized carbons (Fsp3) is 0.121. The molecule has 0 saturated heterocycles. The summed E-state index contributed by atoms with van der Waals surface area (Å²) in [6, 6.07) is 31.7. The van der Waals surface area contributed by atoms with Crippen LogP contribution >= 0.6 is 0 Å². The zero-order valence-corrected chi connectivity index (χ0v) is 21.1. The van der Waals surface area contributed by atoms with Crippen molar-refractivity contribution in [1.29, 1.82) is 0 Å². The normalized spacial score (nSPS) is 14.7. The molecule has 4 heteroatoms. The van der Waals surface area contributed by atoms with Gasteiger partial charge in [-0.3, -0.25) is 4.79 Å². The molecule has 0 saturated carbocycles. The van der Waals surface area contributed by atoms with Crippen molar-refractivity contribution in [3.63, 3.8) is 0 Å². The fourth-order valence-electron chi connectivity index (χ4n) is 4.76. The van der Waals surface area contributed by atoms with Crippen LogP contribution in [0.5, 0.6) is 17.2 Å². The number of rotatable bonds is 7. The molecule has 0 spiro atoms. The molecule has 1 aliphatic heterocycles. The Labute approximate surface area is 217 Å². The monoisotopic (exact) mass is 488 g/mol. The number of benzene rings is 4. The lowest BCUT2D eigenvalue weighted by atomic mass is 9.79. The van der Waals surface area contributed by atoms with Crippen LogP contribution in [0.15, 0.2) is 115 Å². The van der Waals surface area contributed by atoms with Gasteiger partial charge in [0, 0.05) is 28.2 Å². The van der Waals surface area contributed by atoms with Gasteiger partial charge in [0.25, 0.3) is 0 Å². The third-order valence-corrected chi connectivity index (χ3v) is 6.63. The third kappa shape index (κ3) is 4.78. The molecule has 1 atom stereocenters. The summed E-state index contributed by atoms with van der Waals surface area (Å²) in [6.07, 6.45) is 3.51. The highest BCUT2D eigenvalue weighted by Crippen LogP contribution is 2.47. The maximum absolute atomic E-state index is 13.3. The van der Waals surface area contributed by atoms with E-state index in [1.807, 2.05) is 60.7 Å². The molecule has 4 aromatic rings. The Morgan fingerprint density at radius 1 is 0.784 bits per heavy atom. The van der Waals surface area contributed by atoms with Gasteiger partial charge in [0.15, 0.2) is 17.3 Å². The number of para-hydroxylation sites is 1. The van der Waals surface area contributed by atoms with Gasteiger partial charge in [0.05, 0.1) is 14.2 Å². The van der Waals surface area contributed by atoms with Crippen molar-refractivity contribution in [2.24, 2.45) is 0 Å².